The van der Waals surface area contributed by atoms with Crippen molar-refractivity contribution < 1.29 is 0 Å². The first-order valence-electron chi connectivity index (χ1n) is 5.44. The average molecular weight is 219 g/mol. The van der Waals surface area contributed by atoms with Gasteiger partial charge in [-0.3, -0.25) is 5.10 Å². The van der Waals surface area contributed by atoms with Crippen molar-refractivity contribution in [2.75, 3.05) is 6.54 Å². The van der Waals surface area contributed by atoms with Crippen LogP contribution in [-0.4, -0.2) is 26.7 Å². The fourth-order valence-corrected chi connectivity index (χ4v) is 1.86. The van der Waals surface area contributed by atoms with Gasteiger partial charge in [-0.15, -0.1) is 0 Å². The Labute approximate surface area is 94.5 Å². The van der Waals surface area contributed by atoms with E-state index in [-0.39, 0.29) is 0 Å². The van der Waals surface area contributed by atoms with E-state index in [1.807, 2.05) is 20.0 Å². The molecule has 4 N–H and O–H groups in total. The number of aryl methyl sites for hydroxylation is 2. The van der Waals surface area contributed by atoms with Crippen LogP contribution in [0.15, 0.2) is 6.20 Å². The van der Waals surface area contributed by atoms with Crippen molar-refractivity contribution in [1.29, 1.82) is 0 Å². The summed E-state index contributed by atoms with van der Waals surface area (Å²) < 4.78 is 0. The van der Waals surface area contributed by atoms with E-state index in [1.165, 1.54) is 5.56 Å². The quantitative estimate of drug-likeness (QED) is 0.712. The molecule has 2 aromatic heterocycles. The summed E-state index contributed by atoms with van der Waals surface area (Å²) in [6.07, 6.45) is 3.49. The number of nitrogens with one attached hydrogen (secondary N) is 2. The maximum Gasteiger partial charge on any atom is 0.103 e. The van der Waals surface area contributed by atoms with Gasteiger partial charge >= 0.3 is 0 Å². The molecule has 5 heteroatoms. The zero-order chi connectivity index (χ0) is 11.5. The lowest BCUT2D eigenvalue weighted by molar-refractivity contribution is 0.886. The Morgan fingerprint density at radius 2 is 2.19 bits per heavy atom. The van der Waals surface area contributed by atoms with Crippen molar-refractivity contribution in [3.8, 4) is 0 Å². The van der Waals surface area contributed by atoms with Crippen LogP contribution in [0.2, 0.25) is 0 Å². The summed E-state index contributed by atoms with van der Waals surface area (Å²) in [5.74, 6) is 0.955. The van der Waals surface area contributed by atoms with Crippen LogP contribution in [0.1, 0.15) is 28.5 Å². The molecule has 0 amide bonds. The number of aromatic nitrogens is 4. The van der Waals surface area contributed by atoms with Gasteiger partial charge in [0.2, 0.25) is 0 Å². The van der Waals surface area contributed by atoms with Crippen LogP contribution in [0.4, 0.5) is 0 Å². The fraction of sp³-hybridized carbons (Fsp3) is 0.455. The van der Waals surface area contributed by atoms with Crippen LogP contribution in [0.25, 0.3) is 0 Å². The molecule has 0 aliphatic heterocycles. The van der Waals surface area contributed by atoms with E-state index in [4.69, 9.17) is 5.73 Å². The SMILES string of the molecule is Cc1nc(Cc2cn[nH]c2CCN)c(C)[nH]1. The highest BCUT2D eigenvalue weighted by Gasteiger charge is 2.09. The average Bonchev–Trinajstić information content (AvgIpc) is 2.77. The van der Waals surface area contributed by atoms with Crippen LogP contribution in [0, 0.1) is 13.8 Å². The van der Waals surface area contributed by atoms with Gasteiger partial charge in [0.05, 0.1) is 11.9 Å². The maximum atomic E-state index is 5.55. The van der Waals surface area contributed by atoms with Gasteiger partial charge in [-0.1, -0.05) is 0 Å². The van der Waals surface area contributed by atoms with E-state index in [2.05, 4.69) is 20.2 Å². The summed E-state index contributed by atoms with van der Waals surface area (Å²) in [6, 6.07) is 0. The Hall–Kier alpha value is -1.62. The number of hydrogen-bond acceptors (Lipinski definition) is 3. The third kappa shape index (κ3) is 2.14. The predicted octanol–water partition coefficient (Wildman–Crippen LogP) is 0.842. The monoisotopic (exact) mass is 219 g/mol. The van der Waals surface area contributed by atoms with Crippen LogP contribution < -0.4 is 5.73 Å². The number of nitrogens with two attached hydrogens (primary N) is 1. The molecule has 0 saturated heterocycles. The molecular formula is C11H17N5. The Morgan fingerprint density at radius 1 is 1.38 bits per heavy atom. The Kier molecular flexibility index (Phi) is 3.05. The van der Waals surface area contributed by atoms with Crippen LogP contribution in [0.5, 0.6) is 0 Å². The predicted molar refractivity (Wildman–Crippen MR) is 62.2 cm³/mol. The zero-order valence-electron chi connectivity index (χ0n) is 9.67. The minimum atomic E-state index is 0.633. The lowest BCUT2D eigenvalue weighted by Gasteiger charge is -2.00. The number of aromatic amines is 2. The molecular weight excluding hydrogens is 202 g/mol. The molecule has 5 nitrogen and oxygen atoms in total. The van der Waals surface area contributed by atoms with Crippen LogP contribution in [-0.2, 0) is 12.8 Å². The van der Waals surface area contributed by atoms with Crippen molar-refractivity contribution in [2.24, 2.45) is 5.73 Å². The van der Waals surface area contributed by atoms with Crippen molar-refractivity contribution in [2.45, 2.75) is 26.7 Å². The molecule has 0 fully saturated rings. The zero-order valence-corrected chi connectivity index (χ0v) is 9.67. The van der Waals surface area contributed by atoms with Crippen molar-refractivity contribution in [1.82, 2.24) is 20.2 Å². The number of rotatable bonds is 4. The summed E-state index contributed by atoms with van der Waals surface area (Å²) in [7, 11) is 0. The van der Waals surface area contributed by atoms with E-state index >= 15 is 0 Å². The highest BCUT2D eigenvalue weighted by molar-refractivity contribution is 5.26. The topological polar surface area (TPSA) is 83.4 Å². The van der Waals surface area contributed by atoms with Gasteiger partial charge in [-0.05, 0) is 26.0 Å². The second kappa shape index (κ2) is 4.49. The normalized spacial score (nSPS) is 10.9. The highest BCUT2D eigenvalue weighted by atomic mass is 15.1. The lowest BCUT2D eigenvalue weighted by Crippen LogP contribution is -2.05. The molecule has 0 unspecified atom stereocenters. The molecule has 0 radical (unpaired) electrons. The summed E-state index contributed by atoms with van der Waals surface area (Å²) in [5.41, 5.74) is 10.0. The summed E-state index contributed by atoms with van der Waals surface area (Å²) in [4.78, 5) is 7.66. The first-order valence-corrected chi connectivity index (χ1v) is 5.44. The number of imidazole rings is 1. The minimum Gasteiger partial charge on any atom is -0.346 e. The fourth-order valence-electron chi connectivity index (χ4n) is 1.86. The number of hydrogen-bond donors (Lipinski definition) is 3. The molecule has 2 heterocycles. The Balaban J connectivity index is 2.20. The Bertz CT molecular complexity index is 468. The van der Waals surface area contributed by atoms with Gasteiger partial charge in [0.25, 0.3) is 0 Å². The summed E-state index contributed by atoms with van der Waals surface area (Å²) in [6.45, 7) is 4.64. The summed E-state index contributed by atoms with van der Waals surface area (Å²) in [5, 5.41) is 7.04. The molecule has 0 spiro atoms. The van der Waals surface area contributed by atoms with Crippen LogP contribution >= 0.6 is 0 Å². The molecule has 0 saturated carbocycles. The number of nitrogens with zero attached hydrogens (tertiary/aromatic N) is 2. The van der Waals surface area contributed by atoms with Gasteiger partial charge in [0.15, 0.2) is 0 Å². The molecule has 0 aliphatic carbocycles. The first kappa shape index (κ1) is 10.9. The molecule has 0 atom stereocenters. The van der Waals surface area contributed by atoms with E-state index < -0.39 is 0 Å². The van der Waals surface area contributed by atoms with E-state index in [1.54, 1.807) is 0 Å². The molecule has 0 aliphatic rings. The molecule has 2 aromatic rings. The minimum absolute atomic E-state index is 0.633. The molecule has 16 heavy (non-hydrogen) atoms. The second-order valence-corrected chi connectivity index (χ2v) is 3.98. The third-order valence-electron chi connectivity index (χ3n) is 2.66. The van der Waals surface area contributed by atoms with Gasteiger partial charge in [-0.2, -0.15) is 5.10 Å². The number of H-pyrrole nitrogens is 2. The van der Waals surface area contributed by atoms with Gasteiger partial charge < -0.3 is 10.7 Å². The second-order valence-electron chi connectivity index (χ2n) is 3.98. The molecule has 0 aromatic carbocycles. The van der Waals surface area contributed by atoms with Gasteiger partial charge in [0.1, 0.15) is 5.82 Å². The Morgan fingerprint density at radius 3 is 2.81 bits per heavy atom. The van der Waals surface area contributed by atoms with E-state index in [9.17, 15) is 0 Å². The van der Waals surface area contributed by atoms with Gasteiger partial charge in [-0.25, -0.2) is 4.98 Å². The third-order valence-corrected chi connectivity index (χ3v) is 2.66. The van der Waals surface area contributed by atoms with E-state index in [0.29, 0.717) is 6.54 Å². The lowest BCUT2D eigenvalue weighted by atomic mass is 10.1. The molecule has 2 rings (SSSR count). The van der Waals surface area contributed by atoms with Crippen LogP contribution in [0.3, 0.4) is 0 Å². The van der Waals surface area contributed by atoms with Crippen molar-refractivity contribution in [3.05, 3.63) is 34.7 Å². The van der Waals surface area contributed by atoms with Crippen molar-refractivity contribution in [3.63, 3.8) is 0 Å². The summed E-state index contributed by atoms with van der Waals surface area (Å²) >= 11 is 0. The maximum absolute atomic E-state index is 5.55. The first-order chi connectivity index (χ1) is 7.70. The molecule has 86 valence electrons. The highest BCUT2D eigenvalue weighted by Crippen LogP contribution is 2.13. The smallest absolute Gasteiger partial charge is 0.103 e. The van der Waals surface area contributed by atoms with Gasteiger partial charge in [0, 0.05) is 24.2 Å². The molecule has 0 bridgehead atoms. The standard InChI is InChI=1S/C11H17N5/c1-7-11(15-8(2)14-7)5-9-6-13-16-10(9)3-4-12/h6H,3-5,12H2,1-2H3,(H,13,16)(H,14,15). The van der Waals surface area contributed by atoms with E-state index in [0.717, 1.165) is 35.7 Å². The van der Waals surface area contributed by atoms with Crippen molar-refractivity contribution >= 4 is 0 Å². The largest absolute Gasteiger partial charge is 0.346 e.